The molecule has 5 nitrogen and oxygen atoms in total. The van der Waals surface area contributed by atoms with Gasteiger partial charge in [0.05, 0.1) is 5.56 Å². The molecule has 0 fully saturated rings. The molecule has 1 aromatic carbocycles. The summed E-state index contributed by atoms with van der Waals surface area (Å²) in [5.41, 5.74) is 0.792. The van der Waals surface area contributed by atoms with Crippen molar-refractivity contribution in [3.8, 4) is 0 Å². The van der Waals surface area contributed by atoms with Crippen LogP contribution in [0.3, 0.4) is 0 Å². The number of aromatic carboxylic acids is 1. The summed E-state index contributed by atoms with van der Waals surface area (Å²) < 4.78 is 0. The first-order valence-corrected chi connectivity index (χ1v) is 5.90. The van der Waals surface area contributed by atoms with Gasteiger partial charge >= 0.3 is 12.0 Å². The minimum atomic E-state index is -0.979. The average Bonchev–Trinajstić information content (AvgIpc) is 2.36. The predicted octanol–water partition coefficient (Wildman–Crippen LogP) is 2.65. The summed E-state index contributed by atoms with van der Waals surface area (Å²) in [7, 11) is 1.73. The van der Waals surface area contributed by atoms with Gasteiger partial charge in [-0.1, -0.05) is 13.3 Å². The van der Waals surface area contributed by atoms with Gasteiger partial charge in [-0.2, -0.15) is 0 Å². The van der Waals surface area contributed by atoms with E-state index in [1.165, 1.54) is 12.1 Å². The Balaban J connectivity index is 2.56. The van der Waals surface area contributed by atoms with E-state index in [0.717, 1.165) is 12.8 Å². The van der Waals surface area contributed by atoms with Crippen LogP contribution in [-0.2, 0) is 0 Å². The lowest BCUT2D eigenvalue weighted by molar-refractivity contribution is 0.0697. The molecule has 98 valence electrons. The number of carboxylic acid groups (broad SMARTS) is 1. The van der Waals surface area contributed by atoms with Crippen LogP contribution in [0.5, 0.6) is 0 Å². The highest BCUT2D eigenvalue weighted by molar-refractivity contribution is 5.91. The topological polar surface area (TPSA) is 69.6 Å². The molecule has 0 saturated carbocycles. The van der Waals surface area contributed by atoms with Crippen LogP contribution in [-0.4, -0.2) is 35.6 Å². The zero-order valence-corrected chi connectivity index (χ0v) is 10.6. The fourth-order valence-corrected chi connectivity index (χ4v) is 1.41. The third kappa shape index (κ3) is 4.08. The molecule has 0 radical (unpaired) electrons. The molecule has 2 N–H and O–H groups in total. The average molecular weight is 250 g/mol. The number of rotatable bonds is 5. The van der Waals surface area contributed by atoms with Crippen LogP contribution in [0, 0.1) is 0 Å². The smallest absolute Gasteiger partial charge is 0.335 e. The number of carbonyl (C=O) groups excluding carboxylic acids is 1. The van der Waals surface area contributed by atoms with Gasteiger partial charge in [-0.3, -0.25) is 0 Å². The monoisotopic (exact) mass is 250 g/mol. The van der Waals surface area contributed by atoms with Gasteiger partial charge in [0.25, 0.3) is 0 Å². The van der Waals surface area contributed by atoms with Gasteiger partial charge in [-0.25, -0.2) is 9.59 Å². The number of hydrogen-bond acceptors (Lipinski definition) is 2. The minimum absolute atomic E-state index is 0.188. The number of nitrogens with zero attached hydrogens (tertiary/aromatic N) is 1. The third-order valence-electron chi connectivity index (χ3n) is 2.58. The standard InChI is InChI=1S/C13H18N2O3/c1-3-4-9-15(2)13(18)14-11-7-5-10(6-8-11)12(16)17/h5-8H,3-4,9H2,1-2H3,(H,14,18)(H,16,17). The van der Waals surface area contributed by atoms with E-state index in [1.807, 2.05) is 0 Å². The van der Waals surface area contributed by atoms with E-state index in [-0.39, 0.29) is 11.6 Å². The number of nitrogens with one attached hydrogen (secondary N) is 1. The first-order valence-electron chi connectivity index (χ1n) is 5.90. The number of urea groups is 1. The lowest BCUT2D eigenvalue weighted by atomic mass is 10.2. The lowest BCUT2D eigenvalue weighted by Crippen LogP contribution is -2.32. The molecule has 0 aliphatic heterocycles. The van der Waals surface area contributed by atoms with Crippen molar-refractivity contribution in [1.82, 2.24) is 4.90 Å². The van der Waals surface area contributed by atoms with Crippen LogP contribution < -0.4 is 5.32 Å². The predicted molar refractivity (Wildman–Crippen MR) is 70.0 cm³/mol. The third-order valence-corrected chi connectivity index (χ3v) is 2.58. The van der Waals surface area contributed by atoms with Crippen LogP contribution in [0.25, 0.3) is 0 Å². The quantitative estimate of drug-likeness (QED) is 0.844. The molecule has 1 aromatic rings. The Bertz CT molecular complexity index is 415. The molecule has 0 spiro atoms. The molecule has 0 bridgehead atoms. The summed E-state index contributed by atoms with van der Waals surface area (Å²) >= 11 is 0. The van der Waals surface area contributed by atoms with Crippen LogP contribution in [0.2, 0.25) is 0 Å². The van der Waals surface area contributed by atoms with E-state index in [2.05, 4.69) is 12.2 Å². The Morgan fingerprint density at radius 1 is 1.28 bits per heavy atom. The molecule has 0 heterocycles. The number of amides is 2. The Hall–Kier alpha value is -2.04. The lowest BCUT2D eigenvalue weighted by Gasteiger charge is -2.17. The molecular weight excluding hydrogens is 232 g/mol. The summed E-state index contributed by atoms with van der Waals surface area (Å²) in [6.07, 6.45) is 1.99. The molecule has 0 aromatic heterocycles. The first-order chi connectivity index (χ1) is 8.54. The largest absolute Gasteiger partial charge is 0.478 e. The SMILES string of the molecule is CCCCN(C)C(=O)Nc1ccc(C(=O)O)cc1. The molecule has 18 heavy (non-hydrogen) atoms. The van der Waals surface area contributed by atoms with Gasteiger partial charge in [0.2, 0.25) is 0 Å². The van der Waals surface area contributed by atoms with Gasteiger partial charge in [-0.15, -0.1) is 0 Å². The number of anilines is 1. The van der Waals surface area contributed by atoms with E-state index in [1.54, 1.807) is 24.1 Å². The molecule has 0 atom stereocenters. The van der Waals surface area contributed by atoms with Gasteiger partial charge in [0, 0.05) is 19.3 Å². The summed E-state index contributed by atoms with van der Waals surface area (Å²) in [5.74, 6) is -0.979. The molecule has 0 aliphatic carbocycles. The first kappa shape index (κ1) is 14.0. The van der Waals surface area contributed by atoms with Crippen molar-refractivity contribution in [3.63, 3.8) is 0 Å². The molecular formula is C13H18N2O3. The van der Waals surface area contributed by atoms with Crippen molar-refractivity contribution in [2.75, 3.05) is 18.9 Å². The summed E-state index contributed by atoms with van der Waals surface area (Å²) in [4.78, 5) is 24.0. The zero-order valence-electron chi connectivity index (χ0n) is 10.6. The van der Waals surface area contributed by atoms with Crippen molar-refractivity contribution in [2.45, 2.75) is 19.8 Å². The number of hydrogen-bond donors (Lipinski definition) is 2. The highest BCUT2D eigenvalue weighted by Crippen LogP contribution is 2.10. The van der Waals surface area contributed by atoms with Crippen molar-refractivity contribution in [1.29, 1.82) is 0 Å². The van der Waals surface area contributed by atoms with Crippen molar-refractivity contribution < 1.29 is 14.7 Å². The maximum absolute atomic E-state index is 11.7. The maximum Gasteiger partial charge on any atom is 0.335 e. The second-order valence-corrected chi connectivity index (χ2v) is 4.09. The van der Waals surface area contributed by atoms with Crippen LogP contribution in [0.1, 0.15) is 30.1 Å². The van der Waals surface area contributed by atoms with E-state index in [4.69, 9.17) is 5.11 Å². The fraction of sp³-hybridized carbons (Fsp3) is 0.385. The molecule has 0 saturated heterocycles. The van der Waals surface area contributed by atoms with Crippen LogP contribution >= 0.6 is 0 Å². The van der Waals surface area contributed by atoms with Gasteiger partial charge in [-0.05, 0) is 30.7 Å². The van der Waals surface area contributed by atoms with Crippen molar-refractivity contribution in [3.05, 3.63) is 29.8 Å². The summed E-state index contributed by atoms with van der Waals surface area (Å²) in [5, 5.41) is 11.5. The Labute approximate surface area is 106 Å². The van der Waals surface area contributed by atoms with Gasteiger partial charge in [0.1, 0.15) is 0 Å². The molecule has 2 amide bonds. The van der Waals surface area contributed by atoms with Gasteiger partial charge in [0.15, 0.2) is 0 Å². The van der Waals surface area contributed by atoms with Crippen LogP contribution in [0.15, 0.2) is 24.3 Å². The molecule has 1 rings (SSSR count). The maximum atomic E-state index is 11.7. The molecule has 5 heteroatoms. The molecule has 0 aliphatic rings. The van der Waals surface area contributed by atoms with Gasteiger partial charge < -0.3 is 15.3 Å². The Morgan fingerprint density at radius 3 is 2.39 bits per heavy atom. The second-order valence-electron chi connectivity index (χ2n) is 4.09. The number of unbranched alkanes of at least 4 members (excludes halogenated alkanes) is 1. The Kier molecular flexibility index (Phi) is 5.17. The van der Waals surface area contributed by atoms with E-state index in [9.17, 15) is 9.59 Å². The number of carboxylic acids is 1. The normalized spacial score (nSPS) is 9.89. The molecule has 0 unspecified atom stereocenters. The van der Waals surface area contributed by atoms with Crippen LogP contribution in [0.4, 0.5) is 10.5 Å². The number of benzene rings is 1. The van der Waals surface area contributed by atoms with Crippen molar-refractivity contribution in [2.24, 2.45) is 0 Å². The summed E-state index contributed by atoms with van der Waals surface area (Å²) in [6.45, 7) is 2.77. The Morgan fingerprint density at radius 2 is 1.89 bits per heavy atom. The highest BCUT2D eigenvalue weighted by atomic mass is 16.4. The zero-order chi connectivity index (χ0) is 13.5. The minimum Gasteiger partial charge on any atom is -0.478 e. The second kappa shape index (κ2) is 6.64. The van der Waals surface area contributed by atoms with E-state index >= 15 is 0 Å². The summed E-state index contributed by atoms with van der Waals surface area (Å²) in [6, 6.07) is 5.89. The number of carbonyl (C=O) groups is 2. The van der Waals surface area contributed by atoms with Crippen molar-refractivity contribution >= 4 is 17.7 Å². The highest BCUT2D eigenvalue weighted by Gasteiger charge is 2.08. The van der Waals surface area contributed by atoms with E-state index < -0.39 is 5.97 Å². The fourth-order valence-electron chi connectivity index (χ4n) is 1.41. The van der Waals surface area contributed by atoms with E-state index in [0.29, 0.717) is 12.2 Å².